The van der Waals surface area contributed by atoms with E-state index in [0.29, 0.717) is 0 Å². The molecule has 1 aliphatic rings. The van der Waals surface area contributed by atoms with Crippen LogP contribution in [-0.4, -0.2) is 11.9 Å². The lowest BCUT2D eigenvalue weighted by Crippen LogP contribution is -2.26. The van der Waals surface area contributed by atoms with Crippen molar-refractivity contribution in [1.82, 2.24) is 0 Å². The highest BCUT2D eigenvalue weighted by Gasteiger charge is 2.45. The van der Waals surface area contributed by atoms with E-state index in [1.807, 2.05) is 13.8 Å². The smallest absolute Gasteiger partial charge is 0.318 e. The minimum absolute atomic E-state index is 0.138. The maximum atomic E-state index is 11.8. The van der Waals surface area contributed by atoms with Gasteiger partial charge >= 0.3 is 11.9 Å². The predicted octanol–water partition coefficient (Wildman–Crippen LogP) is 3.09. The summed E-state index contributed by atoms with van der Waals surface area (Å²) in [5.74, 6) is -1.19. The lowest BCUT2D eigenvalue weighted by atomic mass is 9.76. The summed E-state index contributed by atoms with van der Waals surface area (Å²) in [5.41, 5.74) is 2.44. The summed E-state index contributed by atoms with van der Waals surface area (Å²) < 4.78 is 4.74. The second kappa shape index (κ2) is 5.48. The minimum Gasteiger partial charge on any atom is -0.393 e. The average Bonchev–Trinajstić information content (AvgIpc) is 2.50. The molecule has 17 heavy (non-hydrogen) atoms. The number of carbonyl (C=O) groups is 2. The number of esters is 2. The lowest BCUT2D eigenvalue weighted by molar-refractivity contribution is -0.154. The quantitative estimate of drug-likeness (QED) is 0.429. The maximum Gasteiger partial charge on any atom is 0.318 e. The Morgan fingerprint density at radius 1 is 1.24 bits per heavy atom. The first-order chi connectivity index (χ1) is 7.90. The van der Waals surface area contributed by atoms with Gasteiger partial charge in [-0.3, -0.25) is 9.59 Å². The number of hydrogen-bond acceptors (Lipinski definition) is 3. The second-order valence-corrected chi connectivity index (χ2v) is 5.13. The van der Waals surface area contributed by atoms with Crippen LogP contribution in [-0.2, 0) is 14.3 Å². The fourth-order valence-corrected chi connectivity index (χ4v) is 2.47. The summed E-state index contributed by atoms with van der Waals surface area (Å²) >= 11 is 0. The number of hydrogen-bond donors (Lipinski definition) is 0. The summed E-state index contributed by atoms with van der Waals surface area (Å²) in [6.45, 7) is 10.0. The molecular weight excluding hydrogens is 216 g/mol. The fraction of sp³-hybridized carbons (Fsp3) is 0.714. The van der Waals surface area contributed by atoms with Gasteiger partial charge < -0.3 is 4.74 Å². The van der Waals surface area contributed by atoms with Crippen molar-refractivity contribution in [2.75, 3.05) is 0 Å². The Morgan fingerprint density at radius 3 is 2.18 bits per heavy atom. The van der Waals surface area contributed by atoms with Gasteiger partial charge in [0.2, 0.25) is 0 Å². The van der Waals surface area contributed by atoms with Crippen LogP contribution in [0, 0.1) is 17.8 Å². The van der Waals surface area contributed by atoms with Gasteiger partial charge in [-0.15, -0.1) is 0 Å². The number of carbonyl (C=O) groups excluding carboxylic acids is 2. The van der Waals surface area contributed by atoms with Crippen molar-refractivity contribution in [3.8, 4) is 0 Å². The molecule has 0 bridgehead atoms. The van der Waals surface area contributed by atoms with Crippen molar-refractivity contribution < 1.29 is 14.3 Å². The minimum atomic E-state index is -0.373. The van der Waals surface area contributed by atoms with Gasteiger partial charge in [-0.05, 0) is 33.1 Å². The lowest BCUT2D eigenvalue weighted by Gasteiger charge is -2.24. The van der Waals surface area contributed by atoms with E-state index in [4.69, 9.17) is 4.74 Å². The molecule has 1 rings (SSSR count). The Bertz CT molecular complexity index is 350. The van der Waals surface area contributed by atoms with E-state index >= 15 is 0 Å². The van der Waals surface area contributed by atoms with Gasteiger partial charge in [-0.1, -0.05) is 31.4 Å². The van der Waals surface area contributed by atoms with Gasteiger partial charge in [0.25, 0.3) is 0 Å². The molecule has 0 saturated carbocycles. The highest BCUT2D eigenvalue weighted by atomic mass is 16.6. The van der Waals surface area contributed by atoms with Crippen LogP contribution in [0.25, 0.3) is 0 Å². The van der Waals surface area contributed by atoms with Crippen LogP contribution in [0.5, 0.6) is 0 Å². The molecule has 0 aromatic heterocycles. The highest BCUT2D eigenvalue weighted by molar-refractivity contribution is 5.96. The summed E-state index contributed by atoms with van der Waals surface area (Å²) in [7, 11) is 0. The van der Waals surface area contributed by atoms with Crippen molar-refractivity contribution in [3.05, 3.63) is 11.1 Å². The SMILES string of the molecule is CCCC(C(C)=C(C)C)[C@@H]1C(=O)OC(=O)[C@@H]1C. The van der Waals surface area contributed by atoms with E-state index in [1.54, 1.807) is 6.92 Å². The largest absolute Gasteiger partial charge is 0.393 e. The Labute approximate surface area is 103 Å². The third kappa shape index (κ3) is 2.76. The first kappa shape index (κ1) is 13.9. The molecule has 0 radical (unpaired) electrons. The molecule has 1 heterocycles. The molecular formula is C14H22O3. The topological polar surface area (TPSA) is 43.4 Å². The molecule has 3 heteroatoms. The molecule has 0 aliphatic carbocycles. The van der Waals surface area contributed by atoms with Crippen LogP contribution >= 0.6 is 0 Å². The van der Waals surface area contributed by atoms with Gasteiger partial charge in [0.05, 0.1) is 11.8 Å². The van der Waals surface area contributed by atoms with E-state index in [0.717, 1.165) is 12.8 Å². The second-order valence-electron chi connectivity index (χ2n) is 5.13. The van der Waals surface area contributed by atoms with Crippen LogP contribution in [0.15, 0.2) is 11.1 Å². The molecule has 96 valence electrons. The zero-order valence-corrected chi connectivity index (χ0v) is 11.4. The normalized spacial score (nSPS) is 25.7. The van der Waals surface area contributed by atoms with Crippen molar-refractivity contribution >= 4 is 11.9 Å². The summed E-state index contributed by atoms with van der Waals surface area (Å²) in [4.78, 5) is 23.2. The van der Waals surface area contributed by atoms with E-state index in [9.17, 15) is 9.59 Å². The third-order valence-corrected chi connectivity index (χ3v) is 3.76. The van der Waals surface area contributed by atoms with Crippen molar-refractivity contribution in [1.29, 1.82) is 0 Å². The summed E-state index contributed by atoms with van der Waals surface area (Å²) in [6, 6.07) is 0. The van der Waals surface area contributed by atoms with Crippen LogP contribution in [0.2, 0.25) is 0 Å². The first-order valence-corrected chi connectivity index (χ1v) is 6.29. The monoisotopic (exact) mass is 238 g/mol. The molecule has 1 fully saturated rings. The maximum absolute atomic E-state index is 11.8. The van der Waals surface area contributed by atoms with Crippen LogP contribution in [0.3, 0.4) is 0 Å². The third-order valence-electron chi connectivity index (χ3n) is 3.76. The average molecular weight is 238 g/mol. The molecule has 3 nitrogen and oxygen atoms in total. The summed E-state index contributed by atoms with van der Waals surface area (Å²) in [6.07, 6.45) is 1.92. The van der Waals surface area contributed by atoms with Gasteiger partial charge in [0.1, 0.15) is 0 Å². The standard InChI is InChI=1S/C14H22O3/c1-6-7-11(9(4)8(2)3)12-10(5)13(15)17-14(12)16/h10-12H,6-7H2,1-5H3/t10-,11?,12-/m1/s1. The molecule has 0 amide bonds. The van der Waals surface area contributed by atoms with E-state index in [2.05, 4.69) is 13.8 Å². The van der Waals surface area contributed by atoms with Crippen LogP contribution in [0.4, 0.5) is 0 Å². The molecule has 1 saturated heterocycles. The molecule has 0 spiro atoms. The zero-order valence-electron chi connectivity index (χ0n) is 11.4. The van der Waals surface area contributed by atoms with E-state index in [-0.39, 0.29) is 29.7 Å². The molecule has 0 aromatic rings. The van der Waals surface area contributed by atoms with Gasteiger partial charge in [-0.25, -0.2) is 0 Å². The number of allylic oxidation sites excluding steroid dienone is 2. The van der Waals surface area contributed by atoms with E-state index in [1.165, 1.54) is 11.1 Å². The van der Waals surface area contributed by atoms with Gasteiger partial charge in [0.15, 0.2) is 0 Å². The fourth-order valence-electron chi connectivity index (χ4n) is 2.47. The Kier molecular flexibility index (Phi) is 4.49. The number of rotatable bonds is 4. The summed E-state index contributed by atoms with van der Waals surface area (Å²) in [5, 5.41) is 0. The Morgan fingerprint density at radius 2 is 1.82 bits per heavy atom. The molecule has 1 unspecified atom stereocenters. The molecule has 3 atom stereocenters. The zero-order chi connectivity index (χ0) is 13.2. The highest BCUT2D eigenvalue weighted by Crippen LogP contribution is 2.37. The predicted molar refractivity (Wildman–Crippen MR) is 66.2 cm³/mol. The first-order valence-electron chi connectivity index (χ1n) is 6.29. The molecule has 0 aromatic carbocycles. The van der Waals surface area contributed by atoms with Crippen LogP contribution < -0.4 is 0 Å². The molecule has 1 aliphatic heterocycles. The number of ether oxygens (including phenoxy) is 1. The van der Waals surface area contributed by atoms with E-state index < -0.39 is 0 Å². The van der Waals surface area contributed by atoms with Crippen molar-refractivity contribution in [2.24, 2.45) is 17.8 Å². The molecule has 0 N–H and O–H groups in total. The number of cyclic esters (lactones) is 2. The van der Waals surface area contributed by atoms with Crippen molar-refractivity contribution in [3.63, 3.8) is 0 Å². The Balaban J connectivity index is 3.03. The Hall–Kier alpha value is -1.12. The van der Waals surface area contributed by atoms with Crippen LogP contribution in [0.1, 0.15) is 47.5 Å². The van der Waals surface area contributed by atoms with Gasteiger partial charge in [0, 0.05) is 0 Å². The van der Waals surface area contributed by atoms with Crippen molar-refractivity contribution in [2.45, 2.75) is 47.5 Å². The van der Waals surface area contributed by atoms with Gasteiger partial charge in [-0.2, -0.15) is 0 Å².